The van der Waals surface area contributed by atoms with Crippen LogP contribution in [0.4, 0.5) is 0 Å². The first-order chi connectivity index (χ1) is 14.5. The van der Waals surface area contributed by atoms with Gasteiger partial charge >= 0.3 is 0 Å². The SMILES string of the molecule is CCCCCCCOc1ccc(C(=O)NNC(=O)COc2ccc(Br)cc2Cl)cc1. The number of nitrogens with one attached hydrogen (secondary N) is 2. The summed E-state index contributed by atoms with van der Waals surface area (Å²) >= 11 is 9.32. The number of hydrogen-bond donors (Lipinski definition) is 2. The van der Waals surface area contributed by atoms with Crippen LogP contribution in [-0.2, 0) is 4.79 Å². The Bertz CT molecular complexity index is 830. The van der Waals surface area contributed by atoms with Crippen molar-refractivity contribution >= 4 is 39.3 Å². The molecule has 2 aromatic carbocycles. The minimum atomic E-state index is -0.509. The first-order valence-corrected chi connectivity index (χ1v) is 11.1. The van der Waals surface area contributed by atoms with Gasteiger partial charge in [-0.1, -0.05) is 60.1 Å². The van der Waals surface area contributed by atoms with E-state index >= 15 is 0 Å². The van der Waals surface area contributed by atoms with Crippen molar-refractivity contribution in [1.82, 2.24) is 10.9 Å². The molecular weight excluding hydrogens is 472 g/mol. The molecule has 0 heterocycles. The van der Waals surface area contributed by atoms with Crippen molar-refractivity contribution in [2.24, 2.45) is 0 Å². The standard InChI is InChI=1S/C22H26BrClN2O4/c1-2-3-4-5-6-13-29-18-10-7-16(8-11-18)22(28)26-25-21(27)15-30-20-12-9-17(23)14-19(20)24/h7-12,14H,2-6,13,15H2,1H3,(H,25,27)(H,26,28). The molecule has 0 aliphatic heterocycles. The summed E-state index contributed by atoms with van der Waals surface area (Å²) in [6.45, 7) is 2.56. The van der Waals surface area contributed by atoms with E-state index in [1.54, 1.807) is 42.5 Å². The molecule has 2 aromatic rings. The minimum absolute atomic E-state index is 0.285. The fraction of sp³-hybridized carbons (Fsp3) is 0.364. The molecule has 162 valence electrons. The van der Waals surface area contributed by atoms with E-state index in [0.29, 0.717) is 28.7 Å². The van der Waals surface area contributed by atoms with Crippen LogP contribution in [0.15, 0.2) is 46.9 Å². The van der Waals surface area contributed by atoms with Crippen LogP contribution in [0, 0.1) is 0 Å². The fourth-order valence-electron chi connectivity index (χ4n) is 2.57. The predicted molar refractivity (Wildman–Crippen MR) is 121 cm³/mol. The zero-order valence-corrected chi connectivity index (χ0v) is 19.2. The average Bonchev–Trinajstić information content (AvgIpc) is 2.74. The number of hydrogen-bond acceptors (Lipinski definition) is 4. The first kappa shape index (κ1) is 24.0. The van der Waals surface area contributed by atoms with E-state index in [9.17, 15) is 9.59 Å². The highest BCUT2D eigenvalue weighted by Gasteiger charge is 2.09. The Labute approximate surface area is 190 Å². The molecule has 2 N–H and O–H groups in total. The molecule has 0 unspecified atom stereocenters. The van der Waals surface area contributed by atoms with E-state index in [4.69, 9.17) is 21.1 Å². The molecule has 0 fully saturated rings. The Kier molecular flexibility index (Phi) is 10.5. The lowest BCUT2D eigenvalue weighted by atomic mass is 10.2. The van der Waals surface area contributed by atoms with E-state index < -0.39 is 11.8 Å². The Balaban J connectivity index is 1.69. The molecule has 2 amide bonds. The third-order valence-corrected chi connectivity index (χ3v) is 4.99. The number of amides is 2. The van der Waals surface area contributed by atoms with Crippen LogP contribution in [0.5, 0.6) is 11.5 Å². The Morgan fingerprint density at radius 1 is 0.967 bits per heavy atom. The summed E-state index contributed by atoms with van der Waals surface area (Å²) in [5.74, 6) is 0.148. The topological polar surface area (TPSA) is 76.7 Å². The monoisotopic (exact) mass is 496 g/mol. The molecule has 8 heteroatoms. The van der Waals surface area contributed by atoms with Crippen LogP contribution in [0.25, 0.3) is 0 Å². The van der Waals surface area contributed by atoms with E-state index in [-0.39, 0.29) is 6.61 Å². The molecule has 0 aromatic heterocycles. The largest absolute Gasteiger partial charge is 0.494 e. The van der Waals surface area contributed by atoms with Crippen molar-refractivity contribution in [2.45, 2.75) is 39.0 Å². The van der Waals surface area contributed by atoms with Gasteiger partial charge in [-0.2, -0.15) is 0 Å². The molecule has 30 heavy (non-hydrogen) atoms. The maximum atomic E-state index is 12.2. The van der Waals surface area contributed by atoms with Gasteiger partial charge in [0.05, 0.1) is 11.6 Å². The third-order valence-electron chi connectivity index (χ3n) is 4.20. The summed E-state index contributed by atoms with van der Waals surface area (Å²) in [6.07, 6.45) is 5.88. The second kappa shape index (κ2) is 13.1. The molecule has 0 aliphatic rings. The highest BCUT2D eigenvalue weighted by atomic mass is 79.9. The second-order valence-electron chi connectivity index (χ2n) is 6.65. The Morgan fingerprint density at radius 2 is 1.70 bits per heavy atom. The normalized spacial score (nSPS) is 10.4. The van der Waals surface area contributed by atoms with Crippen molar-refractivity contribution in [2.75, 3.05) is 13.2 Å². The third kappa shape index (κ3) is 8.63. The van der Waals surface area contributed by atoms with Gasteiger partial charge in [0.1, 0.15) is 11.5 Å². The number of carbonyl (C=O) groups excluding carboxylic acids is 2. The molecule has 0 atom stereocenters. The van der Waals surface area contributed by atoms with Crippen molar-refractivity contribution < 1.29 is 19.1 Å². The first-order valence-electron chi connectivity index (χ1n) is 9.89. The summed E-state index contributed by atoms with van der Waals surface area (Å²) in [5, 5.41) is 0.379. The highest BCUT2D eigenvalue weighted by molar-refractivity contribution is 9.10. The number of halogens is 2. The van der Waals surface area contributed by atoms with Gasteiger partial charge in [0, 0.05) is 10.0 Å². The van der Waals surface area contributed by atoms with E-state index in [0.717, 1.165) is 17.3 Å². The fourth-order valence-corrected chi connectivity index (χ4v) is 3.30. The zero-order valence-electron chi connectivity index (χ0n) is 16.9. The van der Waals surface area contributed by atoms with Crippen molar-refractivity contribution in [3.8, 4) is 11.5 Å². The number of ether oxygens (including phenoxy) is 2. The van der Waals surface area contributed by atoms with Crippen LogP contribution in [-0.4, -0.2) is 25.0 Å². The molecule has 6 nitrogen and oxygen atoms in total. The van der Waals surface area contributed by atoms with Crippen LogP contribution in [0.2, 0.25) is 5.02 Å². The Hall–Kier alpha value is -2.25. The molecule has 0 saturated carbocycles. The Morgan fingerprint density at radius 3 is 2.40 bits per heavy atom. The molecule has 0 bridgehead atoms. The summed E-state index contributed by atoms with van der Waals surface area (Å²) in [6, 6.07) is 11.8. The van der Waals surface area contributed by atoms with Crippen LogP contribution >= 0.6 is 27.5 Å². The van der Waals surface area contributed by atoms with Crippen LogP contribution in [0.3, 0.4) is 0 Å². The number of unbranched alkanes of at least 4 members (excludes halogenated alkanes) is 4. The van der Waals surface area contributed by atoms with Gasteiger partial charge in [-0.05, 0) is 48.9 Å². The highest BCUT2D eigenvalue weighted by Crippen LogP contribution is 2.27. The number of rotatable bonds is 11. The van der Waals surface area contributed by atoms with Gasteiger partial charge in [0.2, 0.25) is 0 Å². The summed E-state index contributed by atoms with van der Waals surface area (Å²) in [4.78, 5) is 24.0. The van der Waals surface area contributed by atoms with Gasteiger partial charge in [-0.3, -0.25) is 20.4 Å². The maximum Gasteiger partial charge on any atom is 0.276 e. The summed E-state index contributed by atoms with van der Waals surface area (Å²) in [5.41, 5.74) is 5.06. The molecule has 0 saturated heterocycles. The molecule has 0 spiro atoms. The minimum Gasteiger partial charge on any atom is -0.494 e. The van der Waals surface area contributed by atoms with Crippen molar-refractivity contribution in [3.63, 3.8) is 0 Å². The van der Waals surface area contributed by atoms with Gasteiger partial charge in [-0.25, -0.2) is 0 Å². The molecule has 0 radical (unpaired) electrons. The maximum absolute atomic E-state index is 12.2. The zero-order chi connectivity index (χ0) is 21.8. The second-order valence-corrected chi connectivity index (χ2v) is 7.98. The number of hydrazine groups is 1. The lowest BCUT2D eigenvalue weighted by Crippen LogP contribution is -2.43. The van der Waals surface area contributed by atoms with Crippen molar-refractivity contribution in [1.29, 1.82) is 0 Å². The van der Waals surface area contributed by atoms with E-state index in [2.05, 4.69) is 33.7 Å². The molecule has 0 aliphatic carbocycles. The van der Waals surface area contributed by atoms with Crippen LogP contribution < -0.4 is 20.3 Å². The smallest absolute Gasteiger partial charge is 0.276 e. The lowest BCUT2D eigenvalue weighted by molar-refractivity contribution is -0.123. The molecule has 2 rings (SSSR count). The number of carbonyl (C=O) groups is 2. The van der Waals surface area contributed by atoms with Crippen molar-refractivity contribution in [3.05, 3.63) is 57.5 Å². The van der Waals surface area contributed by atoms with Gasteiger partial charge in [-0.15, -0.1) is 0 Å². The van der Waals surface area contributed by atoms with E-state index in [1.807, 2.05) is 0 Å². The van der Waals surface area contributed by atoms with Crippen LogP contribution in [0.1, 0.15) is 49.4 Å². The summed E-state index contributed by atoms with van der Waals surface area (Å²) in [7, 11) is 0. The molecular formula is C22H26BrClN2O4. The summed E-state index contributed by atoms with van der Waals surface area (Å²) < 4.78 is 11.8. The van der Waals surface area contributed by atoms with E-state index in [1.165, 1.54) is 19.3 Å². The van der Waals surface area contributed by atoms with Gasteiger partial charge < -0.3 is 9.47 Å². The average molecular weight is 498 g/mol. The quantitative estimate of drug-likeness (QED) is 0.327. The predicted octanol–water partition coefficient (Wildman–Crippen LogP) is 5.29. The lowest BCUT2D eigenvalue weighted by Gasteiger charge is -2.10. The number of benzene rings is 2. The van der Waals surface area contributed by atoms with Gasteiger partial charge in [0.25, 0.3) is 11.8 Å². The van der Waals surface area contributed by atoms with Gasteiger partial charge in [0.15, 0.2) is 6.61 Å².